The number of anilines is 1. The first-order valence-electron chi connectivity index (χ1n) is 7.25. The zero-order chi connectivity index (χ0) is 14.4. The fraction of sp³-hybridized carbons (Fsp3) is 0.333. The minimum Gasteiger partial charge on any atom is -0.494 e. The molecule has 0 heterocycles. The average molecular weight is 269 g/mol. The van der Waals surface area contributed by atoms with Crippen molar-refractivity contribution in [3.63, 3.8) is 0 Å². The first-order valence-corrected chi connectivity index (χ1v) is 7.25. The number of benzene rings is 2. The van der Waals surface area contributed by atoms with Crippen molar-refractivity contribution in [2.75, 3.05) is 11.9 Å². The van der Waals surface area contributed by atoms with Crippen LogP contribution < -0.4 is 10.1 Å². The lowest BCUT2D eigenvalue weighted by molar-refractivity contribution is 0.337. The molecule has 2 heteroatoms. The third kappa shape index (κ3) is 3.77. The van der Waals surface area contributed by atoms with E-state index in [2.05, 4.69) is 49.5 Å². The fourth-order valence-corrected chi connectivity index (χ4v) is 2.13. The maximum absolute atomic E-state index is 5.64. The number of hydrogen-bond acceptors (Lipinski definition) is 2. The molecule has 2 aromatic rings. The normalized spacial score (nSPS) is 10.6. The fourth-order valence-electron chi connectivity index (χ4n) is 2.13. The summed E-state index contributed by atoms with van der Waals surface area (Å²) >= 11 is 0. The van der Waals surface area contributed by atoms with E-state index in [-0.39, 0.29) is 0 Å². The van der Waals surface area contributed by atoms with Crippen LogP contribution >= 0.6 is 0 Å². The van der Waals surface area contributed by atoms with Crippen molar-refractivity contribution in [1.29, 1.82) is 0 Å². The van der Waals surface area contributed by atoms with E-state index in [0.29, 0.717) is 12.5 Å². The number of hydrogen-bond donors (Lipinski definition) is 1. The van der Waals surface area contributed by atoms with Crippen molar-refractivity contribution in [2.24, 2.45) is 0 Å². The Morgan fingerprint density at radius 2 is 1.70 bits per heavy atom. The van der Waals surface area contributed by atoms with Crippen molar-refractivity contribution in [2.45, 2.75) is 33.2 Å². The number of para-hydroxylation sites is 1. The predicted octanol–water partition coefficient (Wildman–Crippen LogP) is 4.82. The minimum absolute atomic E-state index is 0.572. The third-order valence-electron chi connectivity index (χ3n) is 3.33. The lowest BCUT2D eigenvalue weighted by Gasteiger charge is -2.12. The van der Waals surface area contributed by atoms with Gasteiger partial charge >= 0.3 is 0 Å². The summed E-state index contributed by atoms with van der Waals surface area (Å²) in [5.41, 5.74) is 3.69. The molecule has 0 saturated carbocycles. The van der Waals surface area contributed by atoms with E-state index < -0.39 is 0 Å². The van der Waals surface area contributed by atoms with Gasteiger partial charge in [-0.15, -0.1) is 0 Å². The van der Waals surface area contributed by atoms with E-state index in [0.717, 1.165) is 18.0 Å². The zero-order valence-corrected chi connectivity index (χ0v) is 12.5. The standard InChI is InChI=1S/C18H23NO/c1-4-20-18-8-6-5-7-16(18)13-19-17-11-9-15(10-12-17)14(2)3/h5-12,14,19H,4,13H2,1-3H3. The van der Waals surface area contributed by atoms with Crippen LogP contribution in [0, 0.1) is 0 Å². The summed E-state index contributed by atoms with van der Waals surface area (Å²) in [6.45, 7) is 7.90. The summed E-state index contributed by atoms with van der Waals surface area (Å²) in [6, 6.07) is 16.8. The van der Waals surface area contributed by atoms with Crippen LogP contribution in [0.1, 0.15) is 37.8 Å². The van der Waals surface area contributed by atoms with Crippen LogP contribution in [-0.2, 0) is 6.54 Å². The topological polar surface area (TPSA) is 21.3 Å². The number of ether oxygens (including phenoxy) is 1. The van der Waals surface area contributed by atoms with Gasteiger partial charge in [-0.2, -0.15) is 0 Å². The molecule has 0 aliphatic carbocycles. The first kappa shape index (κ1) is 14.4. The minimum atomic E-state index is 0.572. The SMILES string of the molecule is CCOc1ccccc1CNc1ccc(C(C)C)cc1. The number of rotatable bonds is 6. The quantitative estimate of drug-likeness (QED) is 0.811. The summed E-state index contributed by atoms with van der Waals surface area (Å²) in [6.07, 6.45) is 0. The van der Waals surface area contributed by atoms with E-state index in [4.69, 9.17) is 4.74 Å². The van der Waals surface area contributed by atoms with Crippen LogP contribution in [0.15, 0.2) is 48.5 Å². The molecule has 1 N–H and O–H groups in total. The van der Waals surface area contributed by atoms with Crippen molar-refractivity contribution in [1.82, 2.24) is 0 Å². The van der Waals surface area contributed by atoms with Gasteiger partial charge in [0.2, 0.25) is 0 Å². The molecule has 20 heavy (non-hydrogen) atoms. The maximum Gasteiger partial charge on any atom is 0.124 e. The molecule has 0 unspecified atom stereocenters. The predicted molar refractivity (Wildman–Crippen MR) is 85.5 cm³/mol. The molecule has 2 aromatic carbocycles. The molecule has 0 aliphatic rings. The van der Waals surface area contributed by atoms with Gasteiger partial charge in [0.05, 0.1) is 6.61 Å². The molecule has 0 aromatic heterocycles. The second-order valence-corrected chi connectivity index (χ2v) is 5.17. The molecular formula is C18H23NO. The van der Waals surface area contributed by atoms with Crippen LogP contribution in [0.25, 0.3) is 0 Å². The van der Waals surface area contributed by atoms with E-state index >= 15 is 0 Å². The Bertz CT molecular complexity index is 531. The molecule has 0 spiro atoms. The highest BCUT2D eigenvalue weighted by atomic mass is 16.5. The van der Waals surface area contributed by atoms with Crippen LogP contribution in [0.5, 0.6) is 5.75 Å². The van der Waals surface area contributed by atoms with Crippen molar-refractivity contribution < 1.29 is 4.74 Å². The molecule has 0 saturated heterocycles. The molecule has 0 bridgehead atoms. The molecular weight excluding hydrogens is 246 g/mol. The van der Waals surface area contributed by atoms with E-state index in [1.165, 1.54) is 11.1 Å². The average Bonchev–Trinajstić information content (AvgIpc) is 2.47. The summed E-state index contributed by atoms with van der Waals surface area (Å²) in [7, 11) is 0. The van der Waals surface area contributed by atoms with Gasteiger partial charge in [-0.1, -0.05) is 44.2 Å². The summed E-state index contributed by atoms with van der Waals surface area (Å²) in [4.78, 5) is 0. The van der Waals surface area contributed by atoms with Gasteiger partial charge in [0, 0.05) is 17.8 Å². The monoisotopic (exact) mass is 269 g/mol. The van der Waals surface area contributed by atoms with Crippen LogP contribution in [0.3, 0.4) is 0 Å². The van der Waals surface area contributed by atoms with Crippen molar-refractivity contribution in [3.8, 4) is 5.75 Å². The Balaban J connectivity index is 2.01. The van der Waals surface area contributed by atoms with Crippen molar-refractivity contribution in [3.05, 3.63) is 59.7 Å². The molecule has 2 nitrogen and oxygen atoms in total. The summed E-state index contributed by atoms with van der Waals surface area (Å²) < 4.78 is 5.64. The van der Waals surface area contributed by atoms with E-state index in [1.807, 2.05) is 25.1 Å². The molecule has 106 valence electrons. The highest BCUT2D eigenvalue weighted by Crippen LogP contribution is 2.21. The Labute approximate surface area is 121 Å². The molecule has 0 aliphatic heterocycles. The van der Waals surface area contributed by atoms with Crippen LogP contribution in [0.2, 0.25) is 0 Å². The highest BCUT2D eigenvalue weighted by molar-refractivity contribution is 5.47. The molecule has 2 rings (SSSR count). The Hall–Kier alpha value is -1.96. The molecule has 0 atom stereocenters. The zero-order valence-electron chi connectivity index (χ0n) is 12.5. The molecule has 0 radical (unpaired) electrons. The van der Waals surface area contributed by atoms with Gasteiger partial charge in [-0.25, -0.2) is 0 Å². The van der Waals surface area contributed by atoms with Gasteiger partial charge in [-0.05, 0) is 36.6 Å². The highest BCUT2D eigenvalue weighted by Gasteiger charge is 2.03. The second-order valence-electron chi connectivity index (χ2n) is 5.17. The largest absolute Gasteiger partial charge is 0.494 e. The first-order chi connectivity index (χ1) is 9.70. The van der Waals surface area contributed by atoms with Gasteiger partial charge in [0.1, 0.15) is 5.75 Å². The van der Waals surface area contributed by atoms with Gasteiger partial charge in [0.25, 0.3) is 0 Å². The Kier molecular flexibility index (Phi) is 5.05. The summed E-state index contributed by atoms with van der Waals surface area (Å²) in [5.74, 6) is 1.53. The van der Waals surface area contributed by atoms with E-state index in [9.17, 15) is 0 Å². The number of nitrogens with one attached hydrogen (secondary N) is 1. The lowest BCUT2D eigenvalue weighted by Crippen LogP contribution is -2.03. The van der Waals surface area contributed by atoms with E-state index in [1.54, 1.807) is 0 Å². The summed E-state index contributed by atoms with van der Waals surface area (Å²) in [5, 5.41) is 3.45. The van der Waals surface area contributed by atoms with Gasteiger partial charge in [-0.3, -0.25) is 0 Å². The second kappa shape index (κ2) is 6.99. The third-order valence-corrected chi connectivity index (χ3v) is 3.33. The van der Waals surface area contributed by atoms with Gasteiger partial charge in [0.15, 0.2) is 0 Å². The molecule has 0 fully saturated rings. The smallest absolute Gasteiger partial charge is 0.124 e. The molecule has 0 amide bonds. The Morgan fingerprint density at radius 3 is 2.35 bits per heavy atom. The van der Waals surface area contributed by atoms with Gasteiger partial charge < -0.3 is 10.1 Å². The maximum atomic E-state index is 5.64. The Morgan fingerprint density at radius 1 is 1.00 bits per heavy atom. The van der Waals surface area contributed by atoms with Crippen LogP contribution in [-0.4, -0.2) is 6.61 Å². The van der Waals surface area contributed by atoms with Crippen molar-refractivity contribution >= 4 is 5.69 Å². The lowest BCUT2D eigenvalue weighted by atomic mass is 10.0. The van der Waals surface area contributed by atoms with Crippen LogP contribution in [0.4, 0.5) is 5.69 Å².